The van der Waals surface area contributed by atoms with E-state index >= 15 is 0 Å². The van der Waals surface area contributed by atoms with E-state index in [1.165, 1.54) is 0 Å². The average molecular weight is 586 g/mol. The number of thiazole rings is 1. The van der Waals surface area contributed by atoms with E-state index in [1.807, 2.05) is 47.5 Å². The molecule has 2 atom stereocenters. The number of H-pyrrole nitrogens is 1. The van der Waals surface area contributed by atoms with E-state index in [9.17, 15) is 14.7 Å². The van der Waals surface area contributed by atoms with Crippen molar-refractivity contribution in [2.24, 2.45) is 0 Å². The van der Waals surface area contributed by atoms with Crippen molar-refractivity contribution < 1.29 is 19.1 Å². The van der Waals surface area contributed by atoms with Gasteiger partial charge in [-0.15, -0.1) is 26.6 Å². The first-order valence-electron chi connectivity index (χ1n) is 13.3. The molecule has 1 aliphatic heterocycles. The molecule has 1 aromatic carbocycles. The number of pyridine rings is 1. The average Bonchev–Trinajstić information content (AvgIpc) is 3.79. The Morgan fingerprint density at radius 2 is 1.95 bits per heavy atom. The number of nitrogens with zero attached hydrogens (tertiary/aromatic N) is 7. The molecule has 5 heterocycles. The topological polar surface area (TPSA) is 176 Å². The molecule has 0 unspecified atom stereocenters. The number of nitrogens with one attached hydrogen (secondary N) is 2. The minimum atomic E-state index is -1.23. The van der Waals surface area contributed by atoms with Gasteiger partial charge >= 0.3 is 6.09 Å². The van der Waals surface area contributed by atoms with Gasteiger partial charge in [0.25, 0.3) is 11.8 Å². The van der Waals surface area contributed by atoms with E-state index in [2.05, 4.69) is 40.9 Å². The molecule has 14 heteroatoms. The second-order valence-electron chi connectivity index (χ2n) is 10.3. The first kappa shape index (κ1) is 27.2. The number of likely N-dealkylation sites (tertiary alicyclic amines) is 1. The van der Waals surface area contributed by atoms with Gasteiger partial charge in [-0.2, -0.15) is 0 Å². The van der Waals surface area contributed by atoms with Gasteiger partial charge in [-0.1, -0.05) is 35.5 Å². The van der Waals surface area contributed by atoms with Crippen LogP contribution in [0.25, 0.3) is 23.0 Å². The molecule has 1 aliphatic rings. The number of aryl methyl sites for hydroxylation is 1. The third kappa shape index (κ3) is 5.48. The Hall–Kier alpha value is -4.98. The zero-order valence-corrected chi connectivity index (χ0v) is 23.6. The lowest BCUT2D eigenvalue weighted by molar-refractivity contribution is 0.0735. The summed E-state index contributed by atoms with van der Waals surface area (Å²) in [5, 5.41) is 33.9. The monoisotopic (exact) mass is 585 g/mol. The Morgan fingerprint density at radius 3 is 2.67 bits per heavy atom. The summed E-state index contributed by atoms with van der Waals surface area (Å²) in [7, 11) is 0. The van der Waals surface area contributed by atoms with Crippen LogP contribution in [0.3, 0.4) is 0 Å². The summed E-state index contributed by atoms with van der Waals surface area (Å²) in [5.41, 5.74) is 2.02. The van der Waals surface area contributed by atoms with E-state index in [0.29, 0.717) is 23.5 Å². The molecule has 3 N–H and O–H groups in total. The lowest BCUT2D eigenvalue weighted by atomic mass is 9.93. The molecule has 5 aromatic rings. The third-order valence-electron chi connectivity index (χ3n) is 7.09. The van der Waals surface area contributed by atoms with Gasteiger partial charge in [0.05, 0.1) is 17.9 Å². The molecule has 42 heavy (non-hydrogen) atoms. The summed E-state index contributed by atoms with van der Waals surface area (Å²) < 4.78 is 6.05. The van der Waals surface area contributed by atoms with Crippen molar-refractivity contribution in [1.29, 1.82) is 0 Å². The highest BCUT2D eigenvalue weighted by Gasteiger charge is 2.36. The first-order valence-corrected chi connectivity index (χ1v) is 14.2. The fraction of sp³-hybridized carbons (Fsp3) is 0.286. The zero-order valence-electron chi connectivity index (χ0n) is 22.8. The molecule has 214 valence electrons. The van der Waals surface area contributed by atoms with Crippen molar-refractivity contribution in [3.63, 3.8) is 0 Å². The fourth-order valence-electron chi connectivity index (χ4n) is 5.14. The summed E-state index contributed by atoms with van der Waals surface area (Å²) >= 11 is 1.55. The SMILES string of the molecule is Cc1csc([C@H]2CCCN2C(=O)c2cc(-c3c[nH]nn3)nc(-c3nnc([C@@](C)(Cc4ccccc4)NC(=O)O)o3)c2)n1. The van der Waals surface area contributed by atoms with Gasteiger partial charge < -0.3 is 19.7 Å². The number of hydrogen-bond donors (Lipinski definition) is 3. The number of amides is 2. The number of carboxylic acid groups (broad SMARTS) is 1. The van der Waals surface area contributed by atoms with Crippen LogP contribution >= 0.6 is 11.3 Å². The standard InChI is InChI=1S/C28H27N9O4S/c1-16-15-42-24(30-16)22-9-6-10-37(22)25(38)18-11-19(21-14-29-36-33-21)31-20(12-18)23-34-35-26(41-23)28(2,32-27(39)40)13-17-7-4-3-5-8-17/h3-5,7-8,11-12,14-15,22,32H,6,9-10,13H2,1-2H3,(H,39,40)(H,29,33,36)/t22-,28-/m1/s1. The van der Waals surface area contributed by atoms with Gasteiger partial charge in [-0.05, 0) is 44.4 Å². The van der Waals surface area contributed by atoms with Crippen molar-refractivity contribution in [3.05, 3.63) is 81.8 Å². The van der Waals surface area contributed by atoms with Crippen LogP contribution in [0.15, 0.2) is 58.5 Å². The van der Waals surface area contributed by atoms with Crippen molar-refractivity contribution in [3.8, 4) is 23.0 Å². The summed E-state index contributed by atoms with van der Waals surface area (Å²) in [6, 6.07) is 12.5. The Bertz CT molecular complexity index is 1720. The number of carbonyl (C=O) groups is 2. The maximum atomic E-state index is 13.9. The van der Waals surface area contributed by atoms with Gasteiger partial charge in [0.1, 0.15) is 21.9 Å². The lowest BCUT2D eigenvalue weighted by Crippen LogP contribution is -2.44. The Labute approximate surface area is 244 Å². The molecule has 0 saturated carbocycles. The summed E-state index contributed by atoms with van der Waals surface area (Å²) in [4.78, 5) is 36.8. The number of carbonyl (C=O) groups excluding carboxylic acids is 1. The molecule has 4 aromatic heterocycles. The molecule has 1 fully saturated rings. The van der Waals surface area contributed by atoms with Crippen LogP contribution in [0, 0.1) is 6.92 Å². The number of benzene rings is 1. The smallest absolute Gasteiger partial charge is 0.405 e. The van der Waals surface area contributed by atoms with Gasteiger partial charge in [0.2, 0.25) is 5.89 Å². The van der Waals surface area contributed by atoms with Crippen LogP contribution in [0.1, 0.15) is 58.3 Å². The van der Waals surface area contributed by atoms with Crippen LogP contribution in [0.4, 0.5) is 4.79 Å². The van der Waals surface area contributed by atoms with Crippen LogP contribution in [-0.4, -0.2) is 64.1 Å². The molecule has 0 spiro atoms. The maximum Gasteiger partial charge on any atom is 0.405 e. The molecule has 1 saturated heterocycles. The van der Waals surface area contributed by atoms with E-state index in [1.54, 1.807) is 36.6 Å². The third-order valence-corrected chi connectivity index (χ3v) is 8.15. The maximum absolute atomic E-state index is 13.9. The van der Waals surface area contributed by atoms with Crippen molar-refractivity contribution in [1.82, 2.24) is 45.8 Å². The molecule has 6 rings (SSSR count). The fourth-order valence-corrected chi connectivity index (χ4v) is 6.09. The number of aromatic amines is 1. The summed E-state index contributed by atoms with van der Waals surface area (Å²) in [5.74, 6) is -0.0895. The minimum Gasteiger partial charge on any atom is -0.465 e. The molecular formula is C28H27N9O4S. The molecule has 13 nitrogen and oxygen atoms in total. The minimum absolute atomic E-state index is 0.0318. The predicted molar refractivity (Wildman–Crippen MR) is 151 cm³/mol. The zero-order chi connectivity index (χ0) is 29.3. The van der Waals surface area contributed by atoms with Gasteiger partial charge in [-0.3, -0.25) is 9.89 Å². The predicted octanol–water partition coefficient (Wildman–Crippen LogP) is 4.38. The van der Waals surface area contributed by atoms with Crippen LogP contribution in [0.5, 0.6) is 0 Å². The normalized spacial score (nSPS) is 16.3. The molecule has 2 amide bonds. The molecule has 0 bridgehead atoms. The number of rotatable bonds is 8. The highest BCUT2D eigenvalue weighted by atomic mass is 32.1. The second kappa shape index (κ2) is 11.1. The van der Waals surface area contributed by atoms with Gasteiger partial charge in [0.15, 0.2) is 0 Å². The first-order chi connectivity index (χ1) is 20.3. The van der Waals surface area contributed by atoms with E-state index < -0.39 is 11.6 Å². The Kier molecular flexibility index (Phi) is 7.20. The van der Waals surface area contributed by atoms with Crippen LogP contribution in [-0.2, 0) is 12.0 Å². The van der Waals surface area contributed by atoms with E-state index in [0.717, 1.165) is 29.1 Å². The highest BCUT2D eigenvalue weighted by molar-refractivity contribution is 7.09. The van der Waals surface area contributed by atoms with Crippen LogP contribution < -0.4 is 5.32 Å². The molecule has 0 aliphatic carbocycles. The summed E-state index contributed by atoms with van der Waals surface area (Å²) in [6.07, 6.45) is 2.31. The Balaban J connectivity index is 1.37. The summed E-state index contributed by atoms with van der Waals surface area (Å²) in [6.45, 7) is 4.21. The van der Waals surface area contributed by atoms with Crippen LogP contribution in [0.2, 0.25) is 0 Å². The van der Waals surface area contributed by atoms with Crippen molar-refractivity contribution in [2.45, 2.75) is 44.7 Å². The lowest BCUT2D eigenvalue weighted by Gasteiger charge is -2.25. The van der Waals surface area contributed by atoms with Gasteiger partial charge in [0, 0.05) is 29.6 Å². The largest absolute Gasteiger partial charge is 0.465 e. The van der Waals surface area contributed by atoms with Crippen molar-refractivity contribution in [2.75, 3.05) is 6.54 Å². The van der Waals surface area contributed by atoms with Crippen molar-refractivity contribution >= 4 is 23.3 Å². The quantitative estimate of drug-likeness (QED) is 0.237. The highest BCUT2D eigenvalue weighted by Crippen LogP contribution is 2.36. The number of aromatic nitrogens is 7. The Morgan fingerprint density at radius 1 is 1.14 bits per heavy atom. The molecule has 0 radical (unpaired) electrons. The van der Waals surface area contributed by atoms with E-state index in [4.69, 9.17) is 4.42 Å². The molecular weight excluding hydrogens is 558 g/mol. The number of hydrogen-bond acceptors (Lipinski definition) is 10. The second-order valence-corrected chi connectivity index (χ2v) is 11.2. The van der Waals surface area contributed by atoms with E-state index in [-0.39, 0.29) is 35.8 Å². The van der Waals surface area contributed by atoms with Gasteiger partial charge in [-0.25, -0.2) is 14.8 Å².